The topological polar surface area (TPSA) is 26.0 Å². The van der Waals surface area contributed by atoms with Crippen LogP contribution < -0.4 is 4.48 Å². The molecule has 0 saturated heterocycles. The van der Waals surface area contributed by atoms with E-state index < -0.39 is 0 Å². The zero-order chi connectivity index (χ0) is 14.3. The second kappa shape index (κ2) is 4.60. The summed E-state index contributed by atoms with van der Waals surface area (Å²) in [6, 6.07) is 6.57. The minimum Gasteiger partial charge on any atom is -0.302 e. The number of hydrogen-bond donors (Lipinski definition) is 0. The van der Waals surface area contributed by atoms with Crippen molar-refractivity contribution in [1.82, 2.24) is 9.64 Å². The second-order valence-electron chi connectivity index (χ2n) is 5.95. The van der Waals surface area contributed by atoms with Gasteiger partial charge in [0.15, 0.2) is 0 Å². The van der Waals surface area contributed by atoms with Crippen LogP contribution in [0.2, 0.25) is 0 Å². The molecule has 0 aliphatic heterocycles. The second-order valence-corrected chi connectivity index (χ2v) is 5.95. The van der Waals surface area contributed by atoms with Crippen LogP contribution in [0.25, 0.3) is 0 Å². The number of allylic oxidation sites excluding steroid dienone is 2. The number of nitrogens with zero attached hydrogens (tertiary/aromatic N) is 2. The molecule has 3 heteroatoms. The molecule has 1 aromatic carbocycles. The molecular weight excluding hydrogens is 248 g/mol. The molecule has 0 saturated carbocycles. The van der Waals surface area contributed by atoms with Gasteiger partial charge in [0.1, 0.15) is 5.69 Å². The first-order valence-corrected chi connectivity index (χ1v) is 7.05. The van der Waals surface area contributed by atoms with Crippen molar-refractivity contribution in [1.29, 1.82) is 0 Å². The van der Waals surface area contributed by atoms with E-state index in [1.807, 2.05) is 6.92 Å². The van der Waals surface area contributed by atoms with Gasteiger partial charge in [-0.3, -0.25) is 0 Å². The largest absolute Gasteiger partial charge is 0.330 e. The molecule has 0 N–H and O–H groups in total. The Kier molecular flexibility index (Phi) is 3.02. The van der Waals surface area contributed by atoms with Crippen LogP contribution in [0.15, 0.2) is 34.9 Å². The van der Waals surface area contributed by atoms with Gasteiger partial charge in [0, 0.05) is 5.56 Å². The molecule has 3 nitrogen and oxygen atoms in total. The minimum atomic E-state index is 0.601. The SMILES string of the molecule is Cc1noc([N+](C)(C)c2cccc3c2CC=CC3)c1C. The molecular formula is C17H21N2O+. The Labute approximate surface area is 120 Å². The number of rotatable bonds is 2. The third kappa shape index (κ3) is 1.90. The maximum Gasteiger partial charge on any atom is 0.330 e. The number of hydrogen-bond acceptors (Lipinski definition) is 2. The highest BCUT2D eigenvalue weighted by molar-refractivity contribution is 5.63. The number of aryl methyl sites for hydroxylation is 1. The minimum absolute atomic E-state index is 0.601. The third-order valence-corrected chi connectivity index (χ3v) is 4.32. The van der Waals surface area contributed by atoms with E-state index in [-0.39, 0.29) is 0 Å². The molecule has 0 atom stereocenters. The van der Waals surface area contributed by atoms with Crippen molar-refractivity contribution < 1.29 is 4.52 Å². The van der Waals surface area contributed by atoms with Gasteiger partial charge in [0.25, 0.3) is 0 Å². The maximum absolute atomic E-state index is 5.61. The summed E-state index contributed by atoms with van der Waals surface area (Å²) in [6.45, 7) is 4.07. The lowest BCUT2D eigenvalue weighted by atomic mass is 9.94. The highest BCUT2D eigenvalue weighted by atomic mass is 16.5. The number of fused-ring (bicyclic) bond motifs is 1. The van der Waals surface area contributed by atoms with Crippen LogP contribution in [0.3, 0.4) is 0 Å². The van der Waals surface area contributed by atoms with Crippen LogP contribution in [0, 0.1) is 13.8 Å². The third-order valence-electron chi connectivity index (χ3n) is 4.32. The summed E-state index contributed by atoms with van der Waals surface area (Å²) < 4.78 is 6.21. The quantitative estimate of drug-likeness (QED) is 0.611. The fraction of sp³-hybridized carbons (Fsp3) is 0.353. The smallest absolute Gasteiger partial charge is 0.302 e. The molecule has 0 radical (unpaired) electrons. The first-order chi connectivity index (χ1) is 9.51. The zero-order valence-electron chi connectivity index (χ0n) is 12.6. The van der Waals surface area contributed by atoms with Gasteiger partial charge in [-0.05, 0) is 38.3 Å². The molecule has 0 fully saturated rings. The Hall–Kier alpha value is -1.87. The van der Waals surface area contributed by atoms with E-state index in [2.05, 4.69) is 56.5 Å². The van der Waals surface area contributed by atoms with Crippen molar-refractivity contribution in [3.8, 4) is 0 Å². The fourth-order valence-electron chi connectivity index (χ4n) is 3.02. The summed E-state index contributed by atoms with van der Waals surface area (Å²) in [4.78, 5) is 0. The molecule has 1 aromatic heterocycles. The van der Waals surface area contributed by atoms with Crippen molar-refractivity contribution in [2.75, 3.05) is 14.1 Å². The van der Waals surface area contributed by atoms with Crippen molar-refractivity contribution >= 4 is 11.6 Å². The fourth-order valence-corrected chi connectivity index (χ4v) is 3.02. The molecule has 1 heterocycles. The Morgan fingerprint density at radius 3 is 2.55 bits per heavy atom. The van der Waals surface area contributed by atoms with Gasteiger partial charge in [0.05, 0.1) is 25.4 Å². The molecule has 0 bridgehead atoms. The van der Waals surface area contributed by atoms with Gasteiger partial charge in [-0.25, -0.2) is 4.48 Å². The van der Waals surface area contributed by atoms with Crippen molar-refractivity contribution in [3.05, 3.63) is 52.7 Å². The highest BCUT2D eigenvalue weighted by Gasteiger charge is 2.33. The van der Waals surface area contributed by atoms with Gasteiger partial charge in [-0.15, -0.1) is 0 Å². The van der Waals surface area contributed by atoms with Gasteiger partial charge in [-0.2, -0.15) is 0 Å². The van der Waals surface area contributed by atoms with Crippen molar-refractivity contribution in [2.45, 2.75) is 26.7 Å². The molecule has 1 aliphatic carbocycles. The van der Waals surface area contributed by atoms with Gasteiger partial charge in [0.2, 0.25) is 0 Å². The van der Waals surface area contributed by atoms with E-state index >= 15 is 0 Å². The van der Waals surface area contributed by atoms with Crippen LogP contribution >= 0.6 is 0 Å². The monoisotopic (exact) mass is 269 g/mol. The predicted octanol–water partition coefficient (Wildman–Crippen LogP) is 3.84. The molecule has 0 spiro atoms. The zero-order valence-corrected chi connectivity index (χ0v) is 12.6. The van der Waals surface area contributed by atoms with Crippen LogP contribution in [-0.2, 0) is 12.8 Å². The predicted molar refractivity (Wildman–Crippen MR) is 82.3 cm³/mol. The van der Waals surface area contributed by atoms with Crippen molar-refractivity contribution in [3.63, 3.8) is 0 Å². The summed E-state index contributed by atoms with van der Waals surface area (Å²) in [5.74, 6) is 0.922. The standard InChI is InChI=1S/C17H21N2O/c1-12-13(2)18-20-17(12)19(3,4)16-11-7-9-14-8-5-6-10-15(14)16/h5-7,9,11H,8,10H2,1-4H3/q+1. The Balaban J connectivity index is 2.15. The molecule has 1 aliphatic rings. The molecule has 2 aromatic rings. The van der Waals surface area contributed by atoms with Crippen LogP contribution in [0.5, 0.6) is 0 Å². The Morgan fingerprint density at radius 2 is 1.85 bits per heavy atom. The molecule has 0 amide bonds. The average molecular weight is 269 g/mol. The lowest BCUT2D eigenvalue weighted by molar-refractivity contribution is 0.345. The summed E-state index contributed by atoms with van der Waals surface area (Å²) >= 11 is 0. The molecule has 0 unspecified atom stereocenters. The van der Waals surface area contributed by atoms with Gasteiger partial charge in [-0.1, -0.05) is 29.4 Å². The van der Waals surface area contributed by atoms with E-state index in [0.717, 1.165) is 30.0 Å². The maximum atomic E-state index is 5.61. The summed E-state index contributed by atoms with van der Waals surface area (Å²) in [7, 11) is 4.34. The number of benzene rings is 1. The van der Waals surface area contributed by atoms with Crippen molar-refractivity contribution in [2.24, 2.45) is 0 Å². The lowest BCUT2D eigenvalue weighted by Gasteiger charge is -2.29. The normalized spacial score (nSPS) is 14.4. The summed E-state index contributed by atoms with van der Waals surface area (Å²) in [5, 5.41) is 4.12. The van der Waals surface area contributed by atoms with E-state index in [0.29, 0.717) is 4.48 Å². The van der Waals surface area contributed by atoms with Crippen LogP contribution in [0.4, 0.5) is 11.6 Å². The first kappa shape index (κ1) is 13.1. The van der Waals surface area contributed by atoms with E-state index in [9.17, 15) is 0 Å². The average Bonchev–Trinajstić information content (AvgIpc) is 2.79. The number of quaternary nitrogens is 1. The van der Waals surface area contributed by atoms with E-state index in [4.69, 9.17) is 4.52 Å². The summed E-state index contributed by atoms with van der Waals surface area (Å²) in [6.07, 6.45) is 6.53. The lowest BCUT2D eigenvalue weighted by Crippen LogP contribution is -2.36. The van der Waals surface area contributed by atoms with Gasteiger partial charge >= 0.3 is 5.88 Å². The molecule has 20 heavy (non-hydrogen) atoms. The Bertz CT molecular complexity index is 680. The Morgan fingerprint density at radius 1 is 1.10 bits per heavy atom. The molecule has 3 rings (SSSR count). The number of aromatic nitrogens is 1. The van der Waals surface area contributed by atoms with Crippen LogP contribution in [0.1, 0.15) is 22.4 Å². The van der Waals surface area contributed by atoms with E-state index in [1.54, 1.807) is 0 Å². The van der Waals surface area contributed by atoms with Crippen LogP contribution in [-0.4, -0.2) is 19.3 Å². The first-order valence-electron chi connectivity index (χ1n) is 7.05. The van der Waals surface area contributed by atoms with Gasteiger partial charge < -0.3 is 4.52 Å². The van der Waals surface area contributed by atoms with E-state index in [1.165, 1.54) is 16.8 Å². The highest BCUT2D eigenvalue weighted by Crippen LogP contribution is 2.38. The molecule has 104 valence electrons. The summed E-state index contributed by atoms with van der Waals surface area (Å²) in [5.41, 5.74) is 6.25.